The molecular weight excluding hydrogens is 280 g/mol. The molecule has 2 rings (SSSR count). The zero-order valence-electron chi connectivity index (χ0n) is 13.7. The Hall–Kier alpha value is -1.40. The molecule has 1 fully saturated rings. The molecule has 0 aromatic carbocycles. The van der Waals surface area contributed by atoms with Crippen molar-refractivity contribution in [2.45, 2.75) is 44.8 Å². The van der Waals surface area contributed by atoms with Gasteiger partial charge in [-0.15, -0.1) is 0 Å². The topological polar surface area (TPSA) is 59.4 Å². The molecule has 0 aliphatic carbocycles. The fourth-order valence-corrected chi connectivity index (χ4v) is 2.68. The van der Waals surface area contributed by atoms with E-state index in [4.69, 9.17) is 4.74 Å². The molecule has 2 heterocycles. The highest BCUT2D eigenvalue weighted by atomic mass is 16.5. The molecule has 0 saturated carbocycles. The first-order chi connectivity index (χ1) is 10.6. The lowest BCUT2D eigenvalue weighted by Crippen LogP contribution is -2.34. The van der Waals surface area contributed by atoms with Crippen molar-refractivity contribution in [3.05, 3.63) is 18.7 Å². The van der Waals surface area contributed by atoms with Gasteiger partial charge in [0.05, 0.1) is 12.4 Å². The summed E-state index contributed by atoms with van der Waals surface area (Å²) < 4.78 is 7.81. The number of ether oxygens (including phenoxy) is 1. The van der Waals surface area contributed by atoms with Crippen LogP contribution >= 0.6 is 0 Å². The number of carbonyl (C=O) groups excluding carboxylic acids is 1. The van der Waals surface area contributed by atoms with E-state index in [1.807, 2.05) is 17.7 Å². The highest BCUT2D eigenvalue weighted by Crippen LogP contribution is 2.12. The van der Waals surface area contributed by atoms with Gasteiger partial charge in [-0.3, -0.25) is 4.79 Å². The fraction of sp³-hybridized carbons (Fsp3) is 0.750. The molecule has 1 aliphatic heterocycles. The molecule has 1 atom stereocenters. The molecule has 1 unspecified atom stereocenters. The second kappa shape index (κ2) is 8.90. The molecule has 1 aromatic rings. The zero-order chi connectivity index (χ0) is 15.8. The van der Waals surface area contributed by atoms with E-state index in [9.17, 15) is 4.79 Å². The van der Waals surface area contributed by atoms with Gasteiger partial charge < -0.3 is 19.5 Å². The van der Waals surface area contributed by atoms with E-state index in [0.29, 0.717) is 19.1 Å². The van der Waals surface area contributed by atoms with Gasteiger partial charge in [-0.1, -0.05) is 0 Å². The van der Waals surface area contributed by atoms with E-state index >= 15 is 0 Å². The maximum absolute atomic E-state index is 11.9. The highest BCUT2D eigenvalue weighted by Gasteiger charge is 2.16. The van der Waals surface area contributed by atoms with Gasteiger partial charge in [0.1, 0.15) is 0 Å². The number of hydrogen-bond donors (Lipinski definition) is 1. The van der Waals surface area contributed by atoms with Crippen molar-refractivity contribution in [2.75, 3.05) is 33.3 Å². The molecule has 1 saturated heterocycles. The summed E-state index contributed by atoms with van der Waals surface area (Å²) in [7, 11) is 2.15. The number of imidazole rings is 1. The minimum absolute atomic E-state index is 0.0838. The van der Waals surface area contributed by atoms with E-state index in [0.717, 1.165) is 39.0 Å². The molecule has 124 valence electrons. The van der Waals surface area contributed by atoms with Gasteiger partial charge in [-0.2, -0.15) is 0 Å². The molecule has 6 nitrogen and oxygen atoms in total. The number of nitrogens with one attached hydrogen (secondary N) is 1. The summed E-state index contributed by atoms with van der Waals surface area (Å²) in [6, 6.07) is 0.137. The Morgan fingerprint density at radius 1 is 1.45 bits per heavy atom. The molecule has 1 N–H and O–H groups in total. The first-order valence-corrected chi connectivity index (χ1v) is 8.19. The van der Waals surface area contributed by atoms with Crippen molar-refractivity contribution >= 4 is 5.91 Å². The Labute approximate surface area is 132 Å². The monoisotopic (exact) mass is 308 g/mol. The number of amides is 1. The Bertz CT molecular complexity index is 427. The van der Waals surface area contributed by atoms with Gasteiger partial charge in [-0.05, 0) is 33.2 Å². The third-order valence-electron chi connectivity index (χ3n) is 4.18. The Kier molecular flexibility index (Phi) is 6.86. The van der Waals surface area contributed by atoms with Crippen molar-refractivity contribution in [3.63, 3.8) is 0 Å². The van der Waals surface area contributed by atoms with Gasteiger partial charge in [0, 0.05) is 51.1 Å². The van der Waals surface area contributed by atoms with Gasteiger partial charge in [0.25, 0.3) is 0 Å². The Morgan fingerprint density at radius 3 is 2.91 bits per heavy atom. The summed E-state index contributed by atoms with van der Waals surface area (Å²) in [4.78, 5) is 18.2. The molecular formula is C16H28N4O2. The predicted octanol–water partition coefficient (Wildman–Crippen LogP) is 1.45. The van der Waals surface area contributed by atoms with Crippen molar-refractivity contribution in [1.82, 2.24) is 19.8 Å². The SMILES string of the molecule is CC(CC(=O)NCCCOC1CCN(C)CC1)n1ccnc1. The number of likely N-dealkylation sites (tertiary alicyclic amines) is 1. The number of piperidine rings is 1. The minimum atomic E-state index is 0.0838. The molecule has 0 radical (unpaired) electrons. The minimum Gasteiger partial charge on any atom is -0.378 e. The fourth-order valence-electron chi connectivity index (χ4n) is 2.68. The van der Waals surface area contributed by atoms with Crippen LogP contribution in [-0.2, 0) is 9.53 Å². The van der Waals surface area contributed by atoms with Crippen molar-refractivity contribution < 1.29 is 9.53 Å². The average molecular weight is 308 g/mol. The second-order valence-electron chi connectivity index (χ2n) is 6.14. The van der Waals surface area contributed by atoms with Crippen LogP contribution < -0.4 is 5.32 Å². The van der Waals surface area contributed by atoms with E-state index in [-0.39, 0.29) is 11.9 Å². The van der Waals surface area contributed by atoms with Crippen LogP contribution in [0.15, 0.2) is 18.7 Å². The Balaban J connectivity index is 1.50. The normalized spacial score (nSPS) is 18.3. The van der Waals surface area contributed by atoms with Crippen LogP contribution in [0.5, 0.6) is 0 Å². The van der Waals surface area contributed by atoms with E-state index in [1.54, 1.807) is 12.5 Å². The summed E-state index contributed by atoms with van der Waals surface area (Å²) in [6.07, 6.45) is 9.34. The maximum atomic E-state index is 11.9. The van der Waals surface area contributed by atoms with Crippen molar-refractivity contribution in [2.24, 2.45) is 0 Å². The summed E-state index contributed by atoms with van der Waals surface area (Å²) in [6.45, 7) is 5.67. The standard InChI is InChI=1S/C16H28N4O2/c1-14(20-10-7-17-13-20)12-16(21)18-6-3-11-22-15-4-8-19(2)9-5-15/h7,10,13-15H,3-6,8-9,11-12H2,1-2H3,(H,18,21). The van der Waals surface area contributed by atoms with Gasteiger partial charge in [0.15, 0.2) is 0 Å². The first kappa shape index (κ1) is 17.0. The number of rotatable bonds is 8. The van der Waals surface area contributed by atoms with Crippen LogP contribution in [0, 0.1) is 0 Å². The van der Waals surface area contributed by atoms with Gasteiger partial charge in [-0.25, -0.2) is 4.98 Å². The van der Waals surface area contributed by atoms with Crippen LogP contribution in [0.3, 0.4) is 0 Å². The first-order valence-electron chi connectivity index (χ1n) is 8.19. The third-order valence-corrected chi connectivity index (χ3v) is 4.18. The molecule has 1 aromatic heterocycles. The van der Waals surface area contributed by atoms with Gasteiger partial charge >= 0.3 is 0 Å². The average Bonchev–Trinajstić information content (AvgIpc) is 3.03. The molecule has 1 aliphatic rings. The van der Waals surface area contributed by atoms with Crippen LogP contribution in [0.1, 0.15) is 38.6 Å². The molecule has 0 bridgehead atoms. The molecule has 22 heavy (non-hydrogen) atoms. The van der Waals surface area contributed by atoms with Crippen LogP contribution in [0.2, 0.25) is 0 Å². The predicted molar refractivity (Wildman–Crippen MR) is 85.7 cm³/mol. The lowest BCUT2D eigenvalue weighted by molar-refractivity contribution is -0.121. The van der Waals surface area contributed by atoms with E-state index in [2.05, 4.69) is 22.2 Å². The largest absolute Gasteiger partial charge is 0.378 e. The van der Waals surface area contributed by atoms with E-state index in [1.165, 1.54) is 0 Å². The van der Waals surface area contributed by atoms with Crippen molar-refractivity contribution in [3.8, 4) is 0 Å². The smallest absolute Gasteiger partial charge is 0.222 e. The molecule has 6 heteroatoms. The summed E-state index contributed by atoms with van der Waals surface area (Å²) >= 11 is 0. The maximum Gasteiger partial charge on any atom is 0.222 e. The number of hydrogen-bond acceptors (Lipinski definition) is 4. The lowest BCUT2D eigenvalue weighted by atomic mass is 10.1. The lowest BCUT2D eigenvalue weighted by Gasteiger charge is -2.28. The summed E-state index contributed by atoms with van der Waals surface area (Å²) in [5.41, 5.74) is 0. The number of nitrogens with zero attached hydrogens (tertiary/aromatic N) is 3. The summed E-state index contributed by atoms with van der Waals surface area (Å²) in [5.74, 6) is 0.0838. The van der Waals surface area contributed by atoms with Crippen LogP contribution in [0.4, 0.5) is 0 Å². The second-order valence-corrected chi connectivity index (χ2v) is 6.14. The van der Waals surface area contributed by atoms with E-state index < -0.39 is 0 Å². The quantitative estimate of drug-likeness (QED) is 0.739. The number of aromatic nitrogens is 2. The molecule has 1 amide bonds. The van der Waals surface area contributed by atoms with Crippen molar-refractivity contribution in [1.29, 1.82) is 0 Å². The van der Waals surface area contributed by atoms with Crippen LogP contribution in [0.25, 0.3) is 0 Å². The highest BCUT2D eigenvalue weighted by molar-refractivity contribution is 5.76. The summed E-state index contributed by atoms with van der Waals surface area (Å²) in [5, 5.41) is 2.96. The van der Waals surface area contributed by atoms with Gasteiger partial charge in [0.2, 0.25) is 5.91 Å². The third kappa shape index (κ3) is 5.77. The number of carbonyl (C=O) groups is 1. The Morgan fingerprint density at radius 2 is 2.23 bits per heavy atom. The zero-order valence-corrected chi connectivity index (χ0v) is 13.7. The molecule has 0 spiro atoms. The van der Waals surface area contributed by atoms with Crippen LogP contribution in [-0.4, -0.2) is 59.8 Å².